The smallest absolute Gasteiger partial charge is 0.176 e. The van der Waals surface area contributed by atoms with Crippen LogP contribution in [0.3, 0.4) is 0 Å². The normalized spacial score (nSPS) is 20.2. The Morgan fingerprint density at radius 2 is 2.06 bits per heavy atom. The number of imidazole rings is 2. The van der Waals surface area contributed by atoms with E-state index in [0.29, 0.717) is 19.8 Å². The second-order valence-electron chi connectivity index (χ2n) is 4.33. The molecule has 1 aliphatic heterocycles. The van der Waals surface area contributed by atoms with Crippen LogP contribution in [0.5, 0.6) is 0 Å². The lowest BCUT2D eigenvalue weighted by molar-refractivity contribution is -0.0934. The highest BCUT2D eigenvalue weighted by atomic mass is 16.6. The van der Waals surface area contributed by atoms with Crippen LogP contribution < -0.4 is 0 Å². The van der Waals surface area contributed by atoms with E-state index in [1.54, 1.807) is 12.4 Å². The highest BCUT2D eigenvalue weighted by molar-refractivity contribution is 5.44. The number of rotatable bonds is 3. The molecule has 0 saturated carbocycles. The summed E-state index contributed by atoms with van der Waals surface area (Å²) < 4.78 is 15.1. The fourth-order valence-electron chi connectivity index (χ4n) is 2.11. The minimum Gasteiger partial charge on any atom is -0.376 e. The zero-order valence-electron chi connectivity index (χ0n) is 10.3. The Hall–Kier alpha value is -1.66. The average molecular weight is 248 g/mol. The zero-order valence-corrected chi connectivity index (χ0v) is 10.3. The molecule has 18 heavy (non-hydrogen) atoms. The van der Waals surface area contributed by atoms with Crippen molar-refractivity contribution in [3.05, 3.63) is 24.8 Å². The van der Waals surface area contributed by atoms with Crippen molar-refractivity contribution in [2.24, 2.45) is 7.05 Å². The molecule has 1 saturated heterocycles. The van der Waals surface area contributed by atoms with Crippen LogP contribution in [-0.4, -0.2) is 45.0 Å². The van der Waals surface area contributed by atoms with E-state index in [2.05, 4.69) is 14.5 Å². The van der Waals surface area contributed by atoms with Gasteiger partial charge < -0.3 is 18.6 Å². The summed E-state index contributed by atoms with van der Waals surface area (Å²) in [4.78, 5) is 8.69. The van der Waals surface area contributed by atoms with Gasteiger partial charge in [0.1, 0.15) is 0 Å². The summed E-state index contributed by atoms with van der Waals surface area (Å²) in [6.07, 6.45) is 7.51. The number of nitrogens with zero attached hydrogens (tertiary/aromatic N) is 4. The largest absolute Gasteiger partial charge is 0.376 e. The zero-order chi connectivity index (χ0) is 12.4. The maximum Gasteiger partial charge on any atom is 0.176 e. The molecule has 0 amide bonds. The van der Waals surface area contributed by atoms with Crippen molar-refractivity contribution in [3.8, 4) is 11.6 Å². The number of aryl methyl sites for hydroxylation is 1. The van der Waals surface area contributed by atoms with E-state index in [1.165, 1.54) is 0 Å². The quantitative estimate of drug-likeness (QED) is 0.802. The summed E-state index contributed by atoms with van der Waals surface area (Å²) in [6, 6.07) is 0. The molecular weight excluding hydrogens is 232 g/mol. The molecule has 0 N–H and O–H groups in total. The van der Waals surface area contributed by atoms with E-state index in [1.807, 2.05) is 24.0 Å². The molecule has 3 heterocycles. The van der Waals surface area contributed by atoms with Crippen LogP contribution in [0.25, 0.3) is 11.6 Å². The van der Waals surface area contributed by atoms with Gasteiger partial charge in [-0.3, -0.25) is 0 Å². The van der Waals surface area contributed by atoms with E-state index < -0.39 is 0 Å². The van der Waals surface area contributed by atoms with Gasteiger partial charge in [0.25, 0.3) is 0 Å². The molecule has 2 aromatic heterocycles. The van der Waals surface area contributed by atoms with Gasteiger partial charge in [-0.25, -0.2) is 9.97 Å². The minimum atomic E-state index is 0.0898. The third-order valence-corrected chi connectivity index (χ3v) is 3.02. The van der Waals surface area contributed by atoms with E-state index in [0.717, 1.165) is 18.2 Å². The number of hydrogen-bond acceptors (Lipinski definition) is 4. The van der Waals surface area contributed by atoms with Crippen molar-refractivity contribution >= 4 is 0 Å². The molecule has 0 aliphatic carbocycles. The molecule has 1 fully saturated rings. The standard InChI is InChI=1S/C12H16N4O2/c1-15-4-2-13-11(15)12-14-3-5-16(12)8-10-9-17-6-7-18-10/h2-5,10H,6-9H2,1H3. The van der Waals surface area contributed by atoms with Gasteiger partial charge in [0.2, 0.25) is 0 Å². The third kappa shape index (κ3) is 2.16. The first kappa shape index (κ1) is 11.4. The van der Waals surface area contributed by atoms with Gasteiger partial charge in [-0.1, -0.05) is 0 Å². The summed E-state index contributed by atoms with van der Waals surface area (Å²) >= 11 is 0. The second kappa shape index (κ2) is 4.91. The Labute approximate surface area is 105 Å². The lowest BCUT2D eigenvalue weighted by Gasteiger charge is -2.23. The predicted octanol–water partition coefficient (Wildman–Crippen LogP) is 0.699. The van der Waals surface area contributed by atoms with Gasteiger partial charge in [-0.2, -0.15) is 0 Å². The maximum atomic E-state index is 5.65. The van der Waals surface area contributed by atoms with E-state index in [9.17, 15) is 0 Å². The average Bonchev–Trinajstić information content (AvgIpc) is 2.99. The molecule has 1 aliphatic rings. The molecule has 3 rings (SSSR count). The predicted molar refractivity (Wildman–Crippen MR) is 65.0 cm³/mol. The first-order chi connectivity index (χ1) is 8.84. The number of aromatic nitrogens is 4. The van der Waals surface area contributed by atoms with Crippen molar-refractivity contribution in [1.82, 2.24) is 19.1 Å². The molecule has 2 aromatic rings. The number of hydrogen-bond donors (Lipinski definition) is 0. The summed E-state index contributed by atoms with van der Waals surface area (Å²) in [5.74, 6) is 1.72. The molecule has 0 radical (unpaired) electrons. The van der Waals surface area contributed by atoms with Crippen LogP contribution in [0.2, 0.25) is 0 Å². The molecule has 0 aromatic carbocycles. The molecule has 6 heteroatoms. The molecular formula is C12H16N4O2. The highest BCUT2D eigenvalue weighted by Crippen LogP contribution is 2.16. The van der Waals surface area contributed by atoms with Crippen LogP contribution in [-0.2, 0) is 23.1 Å². The molecule has 1 unspecified atom stereocenters. The summed E-state index contributed by atoms with van der Waals surface area (Å²) in [5, 5.41) is 0. The third-order valence-electron chi connectivity index (χ3n) is 3.02. The Balaban J connectivity index is 1.81. The second-order valence-corrected chi connectivity index (χ2v) is 4.33. The van der Waals surface area contributed by atoms with Crippen molar-refractivity contribution in [3.63, 3.8) is 0 Å². The van der Waals surface area contributed by atoms with Gasteiger partial charge in [0.15, 0.2) is 11.6 Å². The van der Waals surface area contributed by atoms with Crippen LogP contribution >= 0.6 is 0 Å². The van der Waals surface area contributed by atoms with Crippen LogP contribution in [0.4, 0.5) is 0 Å². The first-order valence-electron chi connectivity index (χ1n) is 6.03. The van der Waals surface area contributed by atoms with Crippen molar-refractivity contribution in [2.45, 2.75) is 12.6 Å². The summed E-state index contributed by atoms with van der Waals surface area (Å²) in [7, 11) is 1.96. The van der Waals surface area contributed by atoms with Crippen molar-refractivity contribution in [1.29, 1.82) is 0 Å². The maximum absolute atomic E-state index is 5.65. The monoisotopic (exact) mass is 248 g/mol. The van der Waals surface area contributed by atoms with E-state index in [4.69, 9.17) is 9.47 Å². The lowest BCUT2D eigenvalue weighted by Crippen LogP contribution is -2.32. The molecule has 1 atom stereocenters. The van der Waals surface area contributed by atoms with Crippen molar-refractivity contribution in [2.75, 3.05) is 19.8 Å². The van der Waals surface area contributed by atoms with Crippen LogP contribution in [0.15, 0.2) is 24.8 Å². The van der Waals surface area contributed by atoms with E-state index in [-0.39, 0.29) is 6.10 Å². The lowest BCUT2D eigenvalue weighted by atomic mass is 10.3. The topological polar surface area (TPSA) is 54.1 Å². The highest BCUT2D eigenvalue weighted by Gasteiger charge is 2.18. The fourth-order valence-corrected chi connectivity index (χ4v) is 2.11. The Bertz CT molecular complexity index is 514. The Morgan fingerprint density at radius 3 is 2.78 bits per heavy atom. The van der Waals surface area contributed by atoms with Crippen LogP contribution in [0.1, 0.15) is 0 Å². The van der Waals surface area contributed by atoms with Gasteiger partial charge in [0.05, 0.1) is 32.5 Å². The SMILES string of the molecule is Cn1ccnc1-c1nccn1CC1COCCO1. The molecule has 0 spiro atoms. The van der Waals surface area contributed by atoms with Gasteiger partial charge in [-0.05, 0) is 0 Å². The minimum absolute atomic E-state index is 0.0898. The molecule has 0 bridgehead atoms. The Kier molecular flexibility index (Phi) is 3.12. The fraction of sp³-hybridized carbons (Fsp3) is 0.500. The number of ether oxygens (including phenoxy) is 2. The van der Waals surface area contributed by atoms with Gasteiger partial charge in [0, 0.05) is 31.8 Å². The van der Waals surface area contributed by atoms with E-state index >= 15 is 0 Å². The summed E-state index contributed by atoms with van der Waals surface area (Å²) in [6.45, 7) is 2.73. The molecule has 96 valence electrons. The summed E-state index contributed by atoms with van der Waals surface area (Å²) in [5.41, 5.74) is 0. The van der Waals surface area contributed by atoms with Gasteiger partial charge in [-0.15, -0.1) is 0 Å². The van der Waals surface area contributed by atoms with Gasteiger partial charge >= 0.3 is 0 Å². The van der Waals surface area contributed by atoms with Crippen LogP contribution in [0, 0.1) is 0 Å². The first-order valence-corrected chi connectivity index (χ1v) is 6.03. The molecule has 6 nitrogen and oxygen atoms in total. The Morgan fingerprint density at radius 1 is 1.22 bits per heavy atom. The van der Waals surface area contributed by atoms with Crippen molar-refractivity contribution < 1.29 is 9.47 Å².